The maximum atomic E-state index is 12.2. The predicted octanol–water partition coefficient (Wildman–Crippen LogP) is 2.59. The summed E-state index contributed by atoms with van der Waals surface area (Å²) in [6.07, 6.45) is 2.67. The number of rotatable bonds is 5. The van der Waals surface area contributed by atoms with Crippen LogP contribution in [0.25, 0.3) is 11.0 Å². The summed E-state index contributed by atoms with van der Waals surface area (Å²) in [5.74, 6) is 1.19. The van der Waals surface area contributed by atoms with Gasteiger partial charge in [0.25, 0.3) is 5.91 Å². The molecule has 0 radical (unpaired) electrons. The molecule has 1 N–H and O–H groups in total. The van der Waals surface area contributed by atoms with Crippen molar-refractivity contribution in [2.45, 2.75) is 13.0 Å². The Morgan fingerprint density at radius 1 is 1.17 bits per heavy atom. The SMILES string of the molecule is O=C(NCCCn1cnc2ccccc21)c1ccc2c(c1)OCO2. The van der Waals surface area contributed by atoms with Gasteiger partial charge in [-0.2, -0.15) is 0 Å². The fraction of sp³-hybridized carbons (Fsp3) is 0.222. The minimum atomic E-state index is -0.108. The first-order valence-corrected chi connectivity index (χ1v) is 7.89. The molecule has 0 aliphatic carbocycles. The van der Waals surface area contributed by atoms with Gasteiger partial charge in [-0.3, -0.25) is 4.79 Å². The Balaban J connectivity index is 1.32. The van der Waals surface area contributed by atoms with E-state index in [2.05, 4.69) is 14.9 Å². The van der Waals surface area contributed by atoms with E-state index >= 15 is 0 Å². The first-order chi connectivity index (χ1) is 11.8. The molecule has 2 aromatic carbocycles. The van der Waals surface area contributed by atoms with Gasteiger partial charge in [0, 0.05) is 18.7 Å². The van der Waals surface area contributed by atoms with Crippen LogP contribution in [0.5, 0.6) is 11.5 Å². The highest BCUT2D eigenvalue weighted by Gasteiger charge is 2.15. The van der Waals surface area contributed by atoms with Crippen molar-refractivity contribution in [2.75, 3.05) is 13.3 Å². The number of fused-ring (bicyclic) bond motifs is 2. The number of nitrogens with one attached hydrogen (secondary N) is 1. The van der Waals surface area contributed by atoms with Crippen LogP contribution in [0.4, 0.5) is 0 Å². The third kappa shape index (κ3) is 2.78. The van der Waals surface area contributed by atoms with Crippen molar-refractivity contribution in [2.24, 2.45) is 0 Å². The van der Waals surface area contributed by atoms with Crippen LogP contribution in [-0.4, -0.2) is 28.8 Å². The zero-order valence-corrected chi connectivity index (χ0v) is 13.1. The molecule has 6 heteroatoms. The number of amides is 1. The summed E-state index contributed by atoms with van der Waals surface area (Å²) in [6.45, 7) is 1.61. The molecule has 0 saturated carbocycles. The molecule has 0 unspecified atom stereocenters. The molecule has 1 aliphatic rings. The number of carbonyl (C=O) groups excluding carboxylic acids is 1. The van der Waals surface area contributed by atoms with E-state index in [0.29, 0.717) is 23.6 Å². The molecule has 2 heterocycles. The van der Waals surface area contributed by atoms with Crippen LogP contribution in [0.3, 0.4) is 0 Å². The van der Waals surface area contributed by atoms with Crippen molar-refractivity contribution in [1.82, 2.24) is 14.9 Å². The number of benzene rings is 2. The van der Waals surface area contributed by atoms with Crippen LogP contribution in [0.15, 0.2) is 48.8 Å². The summed E-state index contributed by atoms with van der Waals surface area (Å²) in [4.78, 5) is 16.6. The van der Waals surface area contributed by atoms with E-state index in [1.165, 1.54) is 0 Å². The number of carbonyl (C=O) groups is 1. The second kappa shape index (κ2) is 6.23. The second-order valence-corrected chi connectivity index (χ2v) is 5.60. The minimum absolute atomic E-state index is 0.108. The number of para-hydroxylation sites is 2. The zero-order chi connectivity index (χ0) is 16.4. The van der Waals surface area contributed by atoms with Crippen LogP contribution in [0.2, 0.25) is 0 Å². The molecular formula is C18H17N3O3. The molecule has 24 heavy (non-hydrogen) atoms. The van der Waals surface area contributed by atoms with Crippen molar-refractivity contribution in [3.05, 3.63) is 54.4 Å². The standard InChI is InChI=1S/C18H17N3O3/c22-18(13-6-7-16-17(10-13)24-12-23-16)19-8-3-9-21-11-20-14-4-1-2-5-15(14)21/h1-2,4-7,10-11H,3,8-9,12H2,(H,19,22). The molecule has 0 spiro atoms. The number of nitrogens with zero attached hydrogens (tertiary/aromatic N) is 2. The molecule has 4 rings (SSSR count). The van der Waals surface area contributed by atoms with Gasteiger partial charge in [-0.1, -0.05) is 12.1 Å². The summed E-state index contributed by atoms with van der Waals surface area (Å²) in [7, 11) is 0. The maximum absolute atomic E-state index is 12.2. The highest BCUT2D eigenvalue weighted by Crippen LogP contribution is 2.32. The lowest BCUT2D eigenvalue weighted by atomic mass is 10.2. The lowest BCUT2D eigenvalue weighted by Crippen LogP contribution is -2.25. The number of aromatic nitrogens is 2. The van der Waals surface area contributed by atoms with Crippen LogP contribution in [0.1, 0.15) is 16.8 Å². The molecular weight excluding hydrogens is 306 g/mol. The summed E-state index contributed by atoms with van der Waals surface area (Å²) < 4.78 is 12.6. The highest BCUT2D eigenvalue weighted by atomic mass is 16.7. The fourth-order valence-electron chi connectivity index (χ4n) is 2.78. The van der Waals surface area contributed by atoms with Crippen molar-refractivity contribution in [3.63, 3.8) is 0 Å². The third-order valence-electron chi connectivity index (χ3n) is 4.02. The van der Waals surface area contributed by atoms with E-state index in [1.54, 1.807) is 18.2 Å². The number of ether oxygens (including phenoxy) is 2. The smallest absolute Gasteiger partial charge is 0.251 e. The first-order valence-electron chi connectivity index (χ1n) is 7.89. The van der Waals surface area contributed by atoms with Gasteiger partial charge in [0.2, 0.25) is 6.79 Å². The Labute approximate surface area is 139 Å². The summed E-state index contributed by atoms with van der Waals surface area (Å²) in [6, 6.07) is 13.2. The second-order valence-electron chi connectivity index (χ2n) is 5.60. The Hall–Kier alpha value is -3.02. The van der Waals surface area contributed by atoms with Crippen LogP contribution < -0.4 is 14.8 Å². The fourth-order valence-corrected chi connectivity index (χ4v) is 2.78. The lowest BCUT2D eigenvalue weighted by molar-refractivity contribution is 0.0952. The number of imidazole rings is 1. The van der Waals surface area contributed by atoms with E-state index in [0.717, 1.165) is 24.0 Å². The molecule has 1 aliphatic heterocycles. The first kappa shape index (κ1) is 14.6. The van der Waals surface area contributed by atoms with Crippen molar-refractivity contribution in [1.29, 1.82) is 0 Å². The highest BCUT2D eigenvalue weighted by molar-refractivity contribution is 5.94. The van der Waals surface area contributed by atoms with Crippen LogP contribution >= 0.6 is 0 Å². The van der Waals surface area contributed by atoms with E-state index in [9.17, 15) is 4.79 Å². The van der Waals surface area contributed by atoms with Crippen molar-refractivity contribution < 1.29 is 14.3 Å². The molecule has 0 atom stereocenters. The molecule has 0 bridgehead atoms. The lowest BCUT2D eigenvalue weighted by Gasteiger charge is -2.07. The van der Waals surface area contributed by atoms with Gasteiger partial charge < -0.3 is 19.4 Å². The van der Waals surface area contributed by atoms with Crippen molar-refractivity contribution >= 4 is 16.9 Å². The van der Waals surface area contributed by atoms with Gasteiger partial charge >= 0.3 is 0 Å². The monoisotopic (exact) mass is 323 g/mol. The molecule has 1 amide bonds. The average Bonchev–Trinajstić information content (AvgIpc) is 3.24. The molecule has 122 valence electrons. The topological polar surface area (TPSA) is 65.4 Å². The minimum Gasteiger partial charge on any atom is -0.454 e. The Morgan fingerprint density at radius 2 is 2.04 bits per heavy atom. The van der Waals surface area contributed by atoms with E-state index < -0.39 is 0 Å². The number of aryl methyl sites for hydroxylation is 1. The van der Waals surface area contributed by atoms with Crippen molar-refractivity contribution in [3.8, 4) is 11.5 Å². The Morgan fingerprint density at radius 3 is 3.00 bits per heavy atom. The summed E-state index contributed by atoms with van der Waals surface area (Å²) in [5, 5.41) is 2.93. The van der Waals surface area contributed by atoms with Gasteiger partial charge in [-0.05, 0) is 36.8 Å². The molecule has 0 saturated heterocycles. The number of hydrogen-bond donors (Lipinski definition) is 1. The maximum Gasteiger partial charge on any atom is 0.251 e. The van der Waals surface area contributed by atoms with E-state index in [4.69, 9.17) is 9.47 Å². The van der Waals surface area contributed by atoms with Crippen LogP contribution in [-0.2, 0) is 6.54 Å². The third-order valence-corrected chi connectivity index (χ3v) is 4.02. The van der Waals surface area contributed by atoms with E-state index in [-0.39, 0.29) is 12.7 Å². The normalized spacial score (nSPS) is 12.5. The van der Waals surface area contributed by atoms with Gasteiger partial charge in [0.1, 0.15) is 0 Å². The Kier molecular flexibility index (Phi) is 3.78. The largest absolute Gasteiger partial charge is 0.454 e. The summed E-state index contributed by atoms with van der Waals surface area (Å²) >= 11 is 0. The molecule has 6 nitrogen and oxygen atoms in total. The quantitative estimate of drug-likeness (QED) is 0.733. The van der Waals surface area contributed by atoms with Gasteiger partial charge in [0.05, 0.1) is 17.4 Å². The summed E-state index contributed by atoms with van der Waals surface area (Å²) in [5.41, 5.74) is 2.67. The Bertz CT molecular complexity index is 888. The van der Waals surface area contributed by atoms with Crippen LogP contribution in [0, 0.1) is 0 Å². The molecule has 0 fully saturated rings. The van der Waals surface area contributed by atoms with Gasteiger partial charge in [0.15, 0.2) is 11.5 Å². The van der Waals surface area contributed by atoms with E-state index in [1.807, 2.05) is 30.6 Å². The number of hydrogen-bond acceptors (Lipinski definition) is 4. The molecule has 1 aromatic heterocycles. The predicted molar refractivity (Wildman–Crippen MR) is 89.2 cm³/mol. The average molecular weight is 323 g/mol. The molecule has 3 aromatic rings. The zero-order valence-electron chi connectivity index (χ0n) is 13.1. The van der Waals surface area contributed by atoms with Gasteiger partial charge in [-0.15, -0.1) is 0 Å². The van der Waals surface area contributed by atoms with Gasteiger partial charge in [-0.25, -0.2) is 4.98 Å².